The largest absolute Gasteiger partial charge is 0.398 e. The molecule has 0 amide bonds. The maximum absolute atomic E-state index is 13.0. The second kappa shape index (κ2) is 6.53. The number of hydrogen-bond donors (Lipinski definition) is 1. The van der Waals surface area contributed by atoms with E-state index in [1.54, 1.807) is 0 Å². The molecule has 0 saturated heterocycles. The first kappa shape index (κ1) is 15.2. The maximum atomic E-state index is 13.0. The van der Waals surface area contributed by atoms with Crippen LogP contribution in [0.25, 0.3) is 0 Å². The first-order chi connectivity index (χ1) is 10.0. The van der Waals surface area contributed by atoms with E-state index >= 15 is 0 Å². The van der Waals surface area contributed by atoms with Gasteiger partial charge in [0.25, 0.3) is 0 Å². The third-order valence-corrected chi connectivity index (χ3v) is 3.84. The molecule has 2 rings (SSSR count). The van der Waals surface area contributed by atoms with Crippen LogP contribution in [-0.2, 0) is 6.42 Å². The Morgan fingerprint density at radius 1 is 1.19 bits per heavy atom. The number of anilines is 1. The van der Waals surface area contributed by atoms with Gasteiger partial charge in [-0.05, 0) is 41.7 Å². The Kier molecular flexibility index (Phi) is 4.73. The topological polar surface area (TPSA) is 43.1 Å². The molecule has 0 heterocycles. The molecule has 110 valence electrons. The van der Waals surface area contributed by atoms with Gasteiger partial charge in [0.15, 0.2) is 5.78 Å². The van der Waals surface area contributed by atoms with Gasteiger partial charge in [0, 0.05) is 17.7 Å². The molecule has 21 heavy (non-hydrogen) atoms. The van der Waals surface area contributed by atoms with Crippen LogP contribution in [0, 0.1) is 5.82 Å². The number of carbonyl (C=O) groups is 1. The van der Waals surface area contributed by atoms with Gasteiger partial charge in [0.1, 0.15) is 5.82 Å². The number of nitrogen functional groups attached to an aromatic ring is 1. The van der Waals surface area contributed by atoms with Crippen molar-refractivity contribution in [2.45, 2.75) is 32.6 Å². The number of ketones is 1. The second-order valence-electron chi connectivity index (χ2n) is 5.38. The lowest BCUT2D eigenvalue weighted by atomic mass is 9.95. The SMILES string of the molecule is CCC(C)c1ccc(CC(=O)c2ccc(F)cc2N)cc1. The van der Waals surface area contributed by atoms with Crippen LogP contribution in [0.3, 0.4) is 0 Å². The lowest BCUT2D eigenvalue weighted by Gasteiger charge is -2.10. The summed E-state index contributed by atoms with van der Waals surface area (Å²) in [5.74, 6) is -0.00626. The van der Waals surface area contributed by atoms with Gasteiger partial charge in [-0.3, -0.25) is 4.79 Å². The number of halogens is 1. The van der Waals surface area contributed by atoms with E-state index in [-0.39, 0.29) is 17.9 Å². The Hall–Kier alpha value is -2.16. The molecule has 0 aromatic heterocycles. The predicted molar refractivity (Wildman–Crippen MR) is 84.0 cm³/mol. The molecular weight excluding hydrogens is 265 g/mol. The van der Waals surface area contributed by atoms with Crippen LogP contribution in [0.5, 0.6) is 0 Å². The molecule has 0 aliphatic heterocycles. The summed E-state index contributed by atoms with van der Waals surface area (Å²) in [6, 6.07) is 11.9. The summed E-state index contributed by atoms with van der Waals surface area (Å²) < 4.78 is 13.0. The van der Waals surface area contributed by atoms with E-state index in [1.807, 2.05) is 12.1 Å². The third-order valence-electron chi connectivity index (χ3n) is 3.84. The van der Waals surface area contributed by atoms with E-state index in [0.29, 0.717) is 11.5 Å². The molecule has 2 aromatic carbocycles. The zero-order valence-corrected chi connectivity index (χ0v) is 12.4. The maximum Gasteiger partial charge on any atom is 0.169 e. The molecule has 1 unspecified atom stereocenters. The Bertz CT molecular complexity index is 634. The molecule has 0 aliphatic rings. The molecule has 0 saturated carbocycles. The summed E-state index contributed by atoms with van der Waals surface area (Å²) in [6.45, 7) is 4.33. The zero-order valence-electron chi connectivity index (χ0n) is 12.4. The number of carbonyl (C=O) groups excluding carboxylic acids is 1. The van der Waals surface area contributed by atoms with Crippen molar-refractivity contribution >= 4 is 11.5 Å². The normalized spacial score (nSPS) is 12.1. The smallest absolute Gasteiger partial charge is 0.169 e. The molecule has 0 aliphatic carbocycles. The first-order valence-corrected chi connectivity index (χ1v) is 7.18. The van der Waals surface area contributed by atoms with Crippen molar-refractivity contribution < 1.29 is 9.18 Å². The van der Waals surface area contributed by atoms with E-state index in [1.165, 1.54) is 23.8 Å². The first-order valence-electron chi connectivity index (χ1n) is 7.18. The highest BCUT2D eigenvalue weighted by Crippen LogP contribution is 2.20. The molecule has 2 aromatic rings. The molecule has 0 bridgehead atoms. The fourth-order valence-corrected chi connectivity index (χ4v) is 2.27. The molecule has 0 fully saturated rings. The van der Waals surface area contributed by atoms with Gasteiger partial charge in [-0.15, -0.1) is 0 Å². The van der Waals surface area contributed by atoms with Gasteiger partial charge in [-0.1, -0.05) is 38.1 Å². The minimum absolute atomic E-state index is 0.0937. The summed E-state index contributed by atoms with van der Waals surface area (Å²) in [6.07, 6.45) is 1.36. The highest BCUT2D eigenvalue weighted by Gasteiger charge is 2.11. The fourth-order valence-electron chi connectivity index (χ4n) is 2.27. The van der Waals surface area contributed by atoms with E-state index < -0.39 is 5.82 Å². The van der Waals surface area contributed by atoms with Crippen molar-refractivity contribution in [3.8, 4) is 0 Å². The number of Topliss-reactive ketones (excluding diaryl/α,β-unsaturated/α-hetero) is 1. The van der Waals surface area contributed by atoms with Crippen molar-refractivity contribution in [2.24, 2.45) is 0 Å². The Morgan fingerprint density at radius 2 is 1.86 bits per heavy atom. The van der Waals surface area contributed by atoms with Gasteiger partial charge >= 0.3 is 0 Å². The quantitative estimate of drug-likeness (QED) is 0.655. The zero-order chi connectivity index (χ0) is 15.4. The molecule has 3 heteroatoms. The minimum Gasteiger partial charge on any atom is -0.398 e. The predicted octanol–water partition coefficient (Wildman–Crippen LogP) is 4.35. The Morgan fingerprint density at radius 3 is 2.43 bits per heavy atom. The fraction of sp³-hybridized carbons (Fsp3) is 0.278. The molecule has 0 radical (unpaired) electrons. The van der Waals surface area contributed by atoms with Gasteiger partial charge in [-0.2, -0.15) is 0 Å². The molecule has 2 nitrogen and oxygen atoms in total. The van der Waals surface area contributed by atoms with Gasteiger partial charge in [0.05, 0.1) is 0 Å². The Labute approximate surface area is 124 Å². The second-order valence-corrected chi connectivity index (χ2v) is 5.38. The van der Waals surface area contributed by atoms with Crippen molar-refractivity contribution in [1.82, 2.24) is 0 Å². The van der Waals surface area contributed by atoms with E-state index in [4.69, 9.17) is 5.73 Å². The Balaban J connectivity index is 2.12. The van der Waals surface area contributed by atoms with Crippen LogP contribution < -0.4 is 5.73 Å². The average Bonchev–Trinajstić information content (AvgIpc) is 2.47. The van der Waals surface area contributed by atoms with E-state index in [2.05, 4.69) is 26.0 Å². The van der Waals surface area contributed by atoms with Gasteiger partial charge in [0.2, 0.25) is 0 Å². The number of benzene rings is 2. The van der Waals surface area contributed by atoms with Crippen LogP contribution in [0.4, 0.5) is 10.1 Å². The summed E-state index contributed by atoms with van der Waals surface area (Å²) in [5, 5.41) is 0. The lowest BCUT2D eigenvalue weighted by Crippen LogP contribution is -2.07. The number of rotatable bonds is 5. The van der Waals surface area contributed by atoms with Crippen molar-refractivity contribution in [3.05, 3.63) is 65.0 Å². The van der Waals surface area contributed by atoms with Crippen molar-refractivity contribution in [3.63, 3.8) is 0 Å². The highest BCUT2D eigenvalue weighted by molar-refractivity contribution is 6.01. The molecule has 0 spiro atoms. The summed E-state index contributed by atoms with van der Waals surface area (Å²) in [7, 11) is 0. The third kappa shape index (κ3) is 3.69. The number of hydrogen-bond acceptors (Lipinski definition) is 2. The lowest BCUT2D eigenvalue weighted by molar-refractivity contribution is 0.0994. The van der Waals surface area contributed by atoms with E-state index in [9.17, 15) is 9.18 Å². The van der Waals surface area contributed by atoms with E-state index in [0.717, 1.165) is 12.0 Å². The summed E-state index contributed by atoms with van der Waals surface area (Å²) in [4.78, 5) is 12.2. The standard InChI is InChI=1S/C18H20FNO/c1-3-12(2)14-6-4-13(5-7-14)10-18(21)16-9-8-15(19)11-17(16)20/h4-9,11-12H,3,10,20H2,1-2H3. The van der Waals surface area contributed by atoms with Gasteiger partial charge < -0.3 is 5.73 Å². The van der Waals surface area contributed by atoms with Crippen LogP contribution in [0.2, 0.25) is 0 Å². The van der Waals surface area contributed by atoms with Crippen molar-refractivity contribution in [1.29, 1.82) is 0 Å². The monoisotopic (exact) mass is 285 g/mol. The summed E-state index contributed by atoms with van der Waals surface area (Å²) in [5.41, 5.74) is 8.48. The van der Waals surface area contributed by atoms with Crippen LogP contribution in [0.15, 0.2) is 42.5 Å². The molecule has 1 atom stereocenters. The molecular formula is C18H20FNO. The van der Waals surface area contributed by atoms with Crippen LogP contribution >= 0.6 is 0 Å². The van der Waals surface area contributed by atoms with Crippen LogP contribution in [-0.4, -0.2) is 5.78 Å². The van der Waals surface area contributed by atoms with Crippen molar-refractivity contribution in [2.75, 3.05) is 5.73 Å². The van der Waals surface area contributed by atoms with Crippen LogP contribution in [0.1, 0.15) is 47.7 Å². The number of nitrogens with two attached hydrogens (primary N) is 1. The average molecular weight is 285 g/mol. The summed E-state index contributed by atoms with van der Waals surface area (Å²) >= 11 is 0. The highest BCUT2D eigenvalue weighted by atomic mass is 19.1. The minimum atomic E-state index is -0.429. The molecule has 2 N–H and O–H groups in total. The van der Waals surface area contributed by atoms with Gasteiger partial charge in [-0.25, -0.2) is 4.39 Å².